The minimum atomic E-state index is -0.518. The first-order chi connectivity index (χ1) is 9.39. The summed E-state index contributed by atoms with van der Waals surface area (Å²) >= 11 is 0. The zero-order valence-corrected chi connectivity index (χ0v) is 11.9. The molecule has 0 atom stereocenters. The Morgan fingerprint density at radius 1 is 1.15 bits per heavy atom. The van der Waals surface area contributed by atoms with Crippen molar-refractivity contribution in [2.24, 2.45) is 0 Å². The topological polar surface area (TPSA) is 75.0 Å². The Hall–Kier alpha value is -1.80. The number of nitrogens with zero attached hydrogens (tertiary/aromatic N) is 5. The molecule has 1 fully saturated rings. The second kappa shape index (κ2) is 4.36. The molecule has 0 aromatic carbocycles. The fraction of sp³-hybridized carbons (Fsp3) is 0.500. The molecule has 2 aromatic rings. The quantitative estimate of drug-likeness (QED) is 0.735. The zero-order valence-electron chi connectivity index (χ0n) is 11.9. The van der Waals surface area contributed by atoms with E-state index in [9.17, 15) is 0 Å². The second-order valence-electron chi connectivity index (χ2n) is 5.71. The fourth-order valence-electron chi connectivity index (χ4n) is 1.86. The molecule has 20 heavy (non-hydrogen) atoms. The zero-order chi connectivity index (χ0) is 14.4. The van der Waals surface area contributed by atoms with Gasteiger partial charge in [0.1, 0.15) is 11.9 Å². The second-order valence-corrected chi connectivity index (χ2v) is 5.71. The third kappa shape index (κ3) is 2.10. The van der Waals surface area contributed by atoms with Crippen LogP contribution in [0.5, 0.6) is 0 Å². The third-order valence-electron chi connectivity index (χ3n) is 3.78. The highest BCUT2D eigenvalue weighted by atomic mass is 16.7. The molecule has 2 aromatic heterocycles. The molecule has 0 N–H and O–H groups in total. The monoisotopic (exact) mass is 273 g/mol. The lowest BCUT2D eigenvalue weighted by Gasteiger charge is -2.32. The molecule has 1 saturated heterocycles. The summed E-state index contributed by atoms with van der Waals surface area (Å²) in [5, 5.41) is 8.54. The molecular weight excluding hydrogens is 257 g/mol. The number of hydrogen-bond donors (Lipinski definition) is 0. The molecule has 3 rings (SSSR count). The Bertz CT molecular complexity index is 597. The lowest BCUT2D eigenvalue weighted by Crippen LogP contribution is -2.41. The van der Waals surface area contributed by atoms with Crippen LogP contribution in [-0.2, 0) is 9.31 Å². The van der Waals surface area contributed by atoms with Crippen LogP contribution in [0.25, 0.3) is 5.82 Å². The molecule has 104 valence electrons. The predicted molar refractivity (Wildman–Crippen MR) is 72.7 cm³/mol. The van der Waals surface area contributed by atoms with Gasteiger partial charge in [0.25, 0.3) is 0 Å². The van der Waals surface area contributed by atoms with Crippen LogP contribution in [0.3, 0.4) is 0 Å². The molecule has 0 aliphatic carbocycles. The van der Waals surface area contributed by atoms with Gasteiger partial charge in [0.05, 0.1) is 17.4 Å². The van der Waals surface area contributed by atoms with E-state index in [0.29, 0.717) is 11.4 Å². The van der Waals surface area contributed by atoms with Crippen molar-refractivity contribution in [1.29, 1.82) is 0 Å². The summed E-state index contributed by atoms with van der Waals surface area (Å²) in [6.45, 7) is 8.01. The first-order valence-electron chi connectivity index (χ1n) is 6.43. The highest BCUT2D eigenvalue weighted by Gasteiger charge is 2.52. The smallest absolute Gasteiger partial charge is 0.398 e. The summed E-state index contributed by atoms with van der Waals surface area (Å²) < 4.78 is 11.9. The summed E-state index contributed by atoms with van der Waals surface area (Å²) in [6, 6.07) is 1.73. The van der Waals surface area contributed by atoms with E-state index in [0.717, 1.165) is 0 Å². The molecule has 0 amide bonds. The van der Waals surface area contributed by atoms with Crippen molar-refractivity contribution in [2.75, 3.05) is 0 Å². The van der Waals surface area contributed by atoms with Crippen LogP contribution in [0.15, 0.2) is 24.8 Å². The van der Waals surface area contributed by atoms with Crippen molar-refractivity contribution >= 4 is 12.7 Å². The number of rotatable bonds is 2. The molecule has 7 nitrogen and oxygen atoms in total. The summed E-state index contributed by atoms with van der Waals surface area (Å²) in [6.07, 6.45) is 4.72. The van der Waals surface area contributed by atoms with Gasteiger partial charge in [-0.15, -0.1) is 4.80 Å². The highest BCUT2D eigenvalue weighted by Crippen LogP contribution is 2.36. The van der Waals surface area contributed by atoms with Gasteiger partial charge in [-0.25, -0.2) is 9.97 Å². The summed E-state index contributed by atoms with van der Waals surface area (Å²) in [5.41, 5.74) is -0.158. The first-order valence-corrected chi connectivity index (χ1v) is 6.43. The van der Waals surface area contributed by atoms with E-state index < -0.39 is 18.3 Å². The maximum Gasteiger partial charge on any atom is 0.518 e. The maximum atomic E-state index is 5.93. The average molecular weight is 273 g/mol. The van der Waals surface area contributed by atoms with Crippen molar-refractivity contribution in [3.8, 4) is 5.82 Å². The summed E-state index contributed by atoms with van der Waals surface area (Å²) in [4.78, 5) is 9.39. The highest BCUT2D eigenvalue weighted by molar-refractivity contribution is 6.61. The van der Waals surface area contributed by atoms with Gasteiger partial charge in [0, 0.05) is 12.3 Å². The third-order valence-corrected chi connectivity index (χ3v) is 3.78. The van der Waals surface area contributed by atoms with E-state index >= 15 is 0 Å². The van der Waals surface area contributed by atoms with E-state index in [1.807, 2.05) is 27.7 Å². The van der Waals surface area contributed by atoms with Crippen LogP contribution in [0.1, 0.15) is 27.7 Å². The van der Waals surface area contributed by atoms with E-state index in [1.165, 1.54) is 11.1 Å². The van der Waals surface area contributed by atoms with Crippen molar-refractivity contribution in [1.82, 2.24) is 25.0 Å². The molecular formula is C12H16BN5O2. The largest absolute Gasteiger partial charge is 0.518 e. The van der Waals surface area contributed by atoms with E-state index in [2.05, 4.69) is 20.2 Å². The van der Waals surface area contributed by atoms with Crippen molar-refractivity contribution < 1.29 is 9.31 Å². The Morgan fingerprint density at radius 3 is 2.45 bits per heavy atom. The van der Waals surface area contributed by atoms with Crippen LogP contribution in [-0.4, -0.2) is 43.3 Å². The van der Waals surface area contributed by atoms with Gasteiger partial charge >= 0.3 is 7.12 Å². The van der Waals surface area contributed by atoms with E-state index in [1.54, 1.807) is 18.5 Å². The lowest BCUT2D eigenvalue weighted by molar-refractivity contribution is 0.00578. The molecule has 3 heterocycles. The SMILES string of the molecule is CC1(C)OB(c2cnn(-c3ccncn3)n2)OC1(C)C. The van der Waals surface area contributed by atoms with Crippen LogP contribution >= 0.6 is 0 Å². The van der Waals surface area contributed by atoms with E-state index in [-0.39, 0.29) is 0 Å². The van der Waals surface area contributed by atoms with Crippen molar-refractivity contribution in [3.05, 3.63) is 24.8 Å². The number of aromatic nitrogens is 5. The predicted octanol–water partition coefficient (Wildman–Crippen LogP) is 0.356. The van der Waals surface area contributed by atoms with Gasteiger partial charge in [-0.1, -0.05) is 0 Å². The van der Waals surface area contributed by atoms with Crippen LogP contribution in [0.2, 0.25) is 0 Å². The maximum absolute atomic E-state index is 5.93. The van der Waals surface area contributed by atoms with Gasteiger partial charge in [-0.3, -0.25) is 0 Å². The summed E-state index contributed by atoms with van der Waals surface area (Å²) in [7, 11) is -0.518. The molecule has 8 heteroatoms. The van der Waals surface area contributed by atoms with Gasteiger partial charge < -0.3 is 9.31 Å². The molecule has 0 bridgehead atoms. The van der Waals surface area contributed by atoms with Crippen molar-refractivity contribution in [2.45, 2.75) is 38.9 Å². The Kier molecular flexibility index (Phi) is 2.88. The van der Waals surface area contributed by atoms with Crippen LogP contribution in [0.4, 0.5) is 0 Å². The average Bonchev–Trinajstić information content (AvgIpc) is 2.94. The first kappa shape index (κ1) is 13.2. The summed E-state index contributed by atoms with van der Waals surface area (Å²) in [5.74, 6) is 0.600. The molecule has 0 radical (unpaired) electrons. The van der Waals surface area contributed by atoms with Gasteiger partial charge in [-0.2, -0.15) is 10.2 Å². The van der Waals surface area contributed by atoms with Gasteiger partial charge in [0.15, 0.2) is 5.82 Å². The molecule has 0 saturated carbocycles. The van der Waals surface area contributed by atoms with Crippen molar-refractivity contribution in [3.63, 3.8) is 0 Å². The normalized spacial score (nSPS) is 20.3. The molecule has 0 unspecified atom stereocenters. The molecule has 1 aliphatic rings. The fourth-order valence-corrected chi connectivity index (χ4v) is 1.86. The Balaban J connectivity index is 1.86. The minimum absolute atomic E-state index is 0.392. The molecule has 1 aliphatic heterocycles. The van der Waals surface area contributed by atoms with Gasteiger partial charge in [0.2, 0.25) is 0 Å². The van der Waals surface area contributed by atoms with Crippen LogP contribution < -0.4 is 5.59 Å². The Morgan fingerprint density at radius 2 is 1.85 bits per heavy atom. The molecule has 0 spiro atoms. The number of hydrogen-bond acceptors (Lipinski definition) is 6. The van der Waals surface area contributed by atoms with E-state index in [4.69, 9.17) is 9.31 Å². The minimum Gasteiger partial charge on any atom is -0.398 e. The standard InChI is InChI=1S/C12H16BN5O2/c1-11(2)12(3,4)20-13(19-11)9-7-16-18(17-9)10-5-6-14-8-15-10/h5-8H,1-4H3. The van der Waals surface area contributed by atoms with Gasteiger partial charge in [-0.05, 0) is 27.7 Å². The van der Waals surface area contributed by atoms with Crippen LogP contribution in [0, 0.1) is 0 Å². The lowest BCUT2D eigenvalue weighted by atomic mass is 9.86. The Labute approximate surface area is 117 Å².